The van der Waals surface area contributed by atoms with Crippen LogP contribution >= 0.6 is 22.9 Å². The van der Waals surface area contributed by atoms with Crippen molar-refractivity contribution in [3.63, 3.8) is 0 Å². The fourth-order valence-electron chi connectivity index (χ4n) is 3.35. The maximum atomic E-state index is 12.9. The van der Waals surface area contributed by atoms with Gasteiger partial charge in [0, 0.05) is 54.2 Å². The topological polar surface area (TPSA) is 65.5 Å². The van der Waals surface area contributed by atoms with Gasteiger partial charge in [0.25, 0.3) is 5.91 Å². The van der Waals surface area contributed by atoms with Crippen LogP contribution in [-0.2, 0) is 0 Å². The van der Waals surface area contributed by atoms with Crippen molar-refractivity contribution in [3.05, 3.63) is 70.3 Å². The molecule has 0 saturated carbocycles. The maximum absolute atomic E-state index is 12.9. The second kappa shape index (κ2) is 8.85. The minimum Gasteiger partial charge on any atom is -0.334 e. The number of benzene rings is 1. The molecule has 0 bridgehead atoms. The molecule has 1 fully saturated rings. The van der Waals surface area contributed by atoms with E-state index in [1.165, 1.54) is 11.3 Å². The van der Waals surface area contributed by atoms with Crippen LogP contribution in [0.2, 0.25) is 5.02 Å². The molecule has 4 rings (SSSR count). The van der Waals surface area contributed by atoms with E-state index in [0.29, 0.717) is 41.8 Å². The highest BCUT2D eigenvalue weighted by Crippen LogP contribution is 2.30. The molecule has 0 atom stereocenters. The molecular weight excluding hydrogens is 420 g/mol. The van der Waals surface area contributed by atoms with E-state index in [9.17, 15) is 9.59 Å². The van der Waals surface area contributed by atoms with Crippen molar-refractivity contribution >= 4 is 40.6 Å². The van der Waals surface area contributed by atoms with Gasteiger partial charge in [0.2, 0.25) is 0 Å². The minimum atomic E-state index is -0.170. The summed E-state index contributed by atoms with van der Waals surface area (Å²) in [5, 5.41) is 3.48. The van der Waals surface area contributed by atoms with Gasteiger partial charge >= 0.3 is 6.03 Å². The Balaban J connectivity index is 1.35. The van der Waals surface area contributed by atoms with E-state index in [-0.39, 0.29) is 11.9 Å². The number of hydrogen-bond donors (Lipinski definition) is 1. The first-order valence-corrected chi connectivity index (χ1v) is 10.8. The number of thiophene rings is 1. The maximum Gasteiger partial charge on any atom is 0.321 e. The number of urea groups is 1. The molecule has 3 aromatic rings. The molecule has 154 valence electrons. The Bertz CT molecular complexity index is 1060. The number of carbonyl (C=O) groups is 2. The van der Waals surface area contributed by atoms with Crippen LogP contribution in [-0.4, -0.2) is 52.9 Å². The summed E-state index contributed by atoms with van der Waals surface area (Å²) < 4.78 is 0. The third kappa shape index (κ3) is 4.47. The lowest BCUT2D eigenvalue weighted by Gasteiger charge is -2.34. The van der Waals surface area contributed by atoms with Crippen LogP contribution in [0.3, 0.4) is 0 Å². The minimum absolute atomic E-state index is 0.00992. The van der Waals surface area contributed by atoms with Gasteiger partial charge in [-0.05, 0) is 60.5 Å². The Kier molecular flexibility index (Phi) is 6.01. The summed E-state index contributed by atoms with van der Waals surface area (Å²) in [4.78, 5) is 34.8. The van der Waals surface area contributed by atoms with Crippen LogP contribution in [0, 0.1) is 6.92 Å². The number of aromatic nitrogens is 1. The van der Waals surface area contributed by atoms with Crippen LogP contribution in [0.15, 0.2) is 54.9 Å². The highest BCUT2D eigenvalue weighted by molar-refractivity contribution is 7.17. The van der Waals surface area contributed by atoms with Crippen molar-refractivity contribution in [2.45, 2.75) is 6.92 Å². The first-order chi connectivity index (χ1) is 14.5. The standard InChI is InChI=1S/C22H21ClN4O2S/c1-15-14-24-9-8-18(15)19-6-7-20(30-19)21(28)26-10-12-27(13-11-26)22(29)25-17-4-2-16(23)3-5-17/h2-9,14H,10-13H2,1H3,(H,25,29). The van der Waals surface area contributed by atoms with Crippen molar-refractivity contribution < 1.29 is 9.59 Å². The smallest absolute Gasteiger partial charge is 0.321 e. The Morgan fingerprint density at radius 2 is 1.70 bits per heavy atom. The van der Waals surface area contributed by atoms with Gasteiger partial charge in [0.05, 0.1) is 4.88 Å². The third-order valence-corrected chi connectivity index (χ3v) is 6.41. The van der Waals surface area contributed by atoms with Crippen LogP contribution in [0.1, 0.15) is 15.2 Å². The zero-order valence-corrected chi connectivity index (χ0v) is 18.0. The van der Waals surface area contributed by atoms with Gasteiger partial charge in [-0.3, -0.25) is 9.78 Å². The fourth-order valence-corrected chi connectivity index (χ4v) is 4.54. The second-order valence-corrected chi connectivity index (χ2v) is 8.59. The molecule has 0 radical (unpaired) electrons. The van der Waals surface area contributed by atoms with Gasteiger partial charge in [-0.1, -0.05) is 11.6 Å². The second-order valence-electron chi connectivity index (χ2n) is 7.07. The average molecular weight is 441 g/mol. The number of piperazine rings is 1. The average Bonchev–Trinajstić information content (AvgIpc) is 3.25. The molecule has 6 nitrogen and oxygen atoms in total. The lowest BCUT2D eigenvalue weighted by molar-refractivity contribution is 0.0676. The number of nitrogens with zero attached hydrogens (tertiary/aromatic N) is 3. The van der Waals surface area contributed by atoms with Gasteiger partial charge in [-0.15, -0.1) is 11.3 Å². The summed E-state index contributed by atoms with van der Waals surface area (Å²) in [7, 11) is 0. The lowest BCUT2D eigenvalue weighted by Crippen LogP contribution is -2.51. The molecule has 2 aromatic heterocycles. The molecule has 30 heavy (non-hydrogen) atoms. The molecular formula is C22H21ClN4O2S. The number of pyridine rings is 1. The highest BCUT2D eigenvalue weighted by atomic mass is 35.5. The molecule has 1 aromatic carbocycles. The van der Waals surface area contributed by atoms with Crippen molar-refractivity contribution in [1.82, 2.24) is 14.8 Å². The van der Waals surface area contributed by atoms with E-state index >= 15 is 0 Å². The molecule has 1 saturated heterocycles. The first-order valence-electron chi connectivity index (χ1n) is 9.63. The van der Waals surface area contributed by atoms with E-state index in [4.69, 9.17) is 11.6 Å². The lowest BCUT2D eigenvalue weighted by atomic mass is 10.1. The molecule has 1 aliphatic rings. The highest BCUT2D eigenvalue weighted by Gasteiger charge is 2.26. The third-order valence-electron chi connectivity index (χ3n) is 5.05. The molecule has 1 N–H and O–H groups in total. The number of rotatable bonds is 3. The summed E-state index contributed by atoms with van der Waals surface area (Å²) in [5.41, 5.74) is 2.87. The van der Waals surface area contributed by atoms with Gasteiger partial charge in [0.15, 0.2) is 0 Å². The number of carbonyl (C=O) groups excluding carboxylic acids is 2. The van der Waals surface area contributed by atoms with Crippen molar-refractivity contribution in [3.8, 4) is 10.4 Å². The molecule has 0 unspecified atom stereocenters. The van der Waals surface area contributed by atoms with Crippen molar-refractivity contribution in [1.29, 1.82) is 0 Å². The molecule has 3 heterocycles. The Hall–Kier alpha value is -2.90. The molecule has 8 heteroatoms. The van der Waals surface area contributed by atoms with Crippen LogP contribution in [0.4, 0.5) is 10.5 Å². The number of halogens is 1. The largest absolute Gasteiger partial charge is 0.334 e. The summed E-state index contributed by atoms with van der Waals surface area (Å²) in [5.74, 6) is 0.00992. The Morgan fingerprint density at radius 1 is 1.00 bits per heavy atom. The molecule has 1 aliphatic heterocycles. The monoisotopic (exact) mass is 440 g/mol. The van der Waals surface area contributed by atoms with Gasteiger partial charge in [-0.2, -0.15) is 0 Å². The summed E-state index contributed by atoms with van der Waals surface area (Å²) in [6.45, 7) is 4.01. The zero-order valence-electron chi connectivity index (χ0n) is 16.5. The van der Waals surface area contributed by atoms with Gasteiger partial charge in [-0.25, -0.2) is 4.79 Å². The Morgan fingerprint density at radius 3 is 2.40 bits per heavy atom. The normalized spacial score (nSPS) is 13.9. The summed E-state index contributed by atoms with van der Waals surface area (Å²) >= 11 is 7.36. The van der Waals surface area contributed by atoms with E-state index in [2.05, 4.69) is 10.3 Å². The fraction of sp³-hybridized carbons (Fsp3) is 0.227. The molecule has 0 spiro atoms. The van der Waals surface area contributed by atoms with Crippen LogP contribution in [0.5, 0.6) is 0 Å². The summed E-state index contributed by atoms with van der Waals surface area (Å²) in [6, 6.07) is 12.6. The zero-order chi connectivity index (χ0) is 21.1. The SMILES string of the molecule is Cc1cnccc1-c1ccc(C(=O)N2CCN(C(=O)Nc3ccc(Cl)cc3)CC2)s1. The predicted molar refractivity (Wildman–Crippen MR) is 120 cm³/mol. The van der Waals surface area contributed by atoms with E-state index in [1.54, 1.807) is 40.3 Å². The quantitative estimate of drug-likeness (QED) is 0.638. The van der Waals surface area contributed by atoms with Gasteiger partial charge < -0.3 is 15.1 Å². The number of anilines is 1. The summed E-state index contributed by atoms with van der Waals surface area (Å²) in [6.07, 6.45) is 3.59. The van der Waals surface area contributed by atoms with E-state index < -0.39 is 0 Å². The van der Waals surface area contributed by atoms with E-state index in [1.807, 2.05) is 31.3 Å². The van der Waals surface area contributed by atoms with Gasteiger partial charge in [0.1, 0.15) is 0 Å². The number of nitrogens with one attached hydrogen (secondary N) is 1. The molecule has 3 amide bonds. The predicted octanol–water partition coefficient (Wildman–Crippen LogP) is 4.76. The van der Waals surface area contributed by atoms with Crippen molar-refractivity contribution in [2.75, 3.05) is 31.5 Å². The molecule has 0 aliphatic carbocycles. The Labute approximate surface area is 184 Å². The first kappa shape index (κ1) is 20.4. The van der Waals surface area contributed by atoms with Crippen molar-refractivity contribution in [2.24, 2.45) is 0 Å². The van der Waals surface area contributed by atoms with E-state index in [0.717, 1.165) is 16.0 Å². The van der Waals surface area contributed by atoms with Crippen LogP contribution in [0.25, 0.3) is 10.4 Å². The number of aryl methyl sites for hydroxylation is 1. The number of hydrogen-bond acceptors (Lipinski definition) is 4. The van der Waals surface area contributed by atoms with Crippen LogP contribution < -0.4 is 5.32 Å². The number of amides is 3.